The summed E-state index contributed by atoms with van der Waals surface area (Å²) in [6.07, 6.45) is 1.45. The number of fused-ring (bicyclic) bond motifs is 1. The molecule has 2 N–H and O–H groups in total. The van der Waals surface area contributed by atoms with Gasteiger partial charge in [0.1, 0.15) is 11.3 Å². The second-order valence-electron chi connectivity index (χ2n) is 7.67. The highest BCUT2D eigenvalue weighted by Crippen LogP contribution is 2.33. The van der Waals surface area contributed by atoms with Crippen molar-refractivity contribution < 1.29 is 28.2 Å². The molecule has 0 aliphatic heterocycles. The number of anilines is 1. The van der Waals surface area contributed by atoms with Gasteiger partial charge in [0, 0.05) is 21.1 Å². The number of hydrogen-bond donors (Lipinski definition) is 2. The molecule has 0 saturated heterocycles. The highest BCUT2D eigenvalue weighted by molar-refractivity contribution is 9.10. The fourth-order valence-electron chi connectivity index (χ4n) is 3.39. The molecule has 2 amide bonds. The number of methoxy groups -OCH3 is 1. The Morgan fingerprint density at radius 1 is 1.03 bits per heavy atom. The van der Waals surface area contributed by atoms with E-state index in [9.17, 15) is 9.59 Å². The summed E-state index contributed by atoms with van der Waals surface area (Å²) in [6, 6.07) is 19.4. The van der Waals surface area contributed by atoms with E-state index in [1.54, 1.807) is 48.5 Å². The van der Waals surface area contributed by atoms with E-state index >= 15 is 0 Å². The molecule has 0 fully saturated rings. The number of rotatable bonds is 10. The topological polar surface area (TPSA) is 111 Å². The molecule has 0 radical (unpaired) electrons. The van der Waals surface area contributed by atoms with Crippen molar-refractivity contribution in [3.63, 3.8) is 0 Å². The predicted octanol–water partition coefficient (Wildman–Crippen LogP) is 5.38. The van der Waals surface area contributed by atoms with Crippen LogP contribution >= 0.6 is 15.9 Å². The average molecular weight is 566 g/mol. The van der Waals surface area contributed by atoms with Gasteiger partial charge in [0.15, 0.2) is 23.9 Å². The van der Waals surface area contributed by atoms with Crippen molar-refractivity contribution >= 4 is 50.6 Å². The molecule has 4 rings (SSSR count). The van der Waals surface area contributed by atoms with Crippen molar-refractivity contribution in [1.82, 2.24) is 5.43 Å². The van der Waals surface area contributed by atoms with Gasteiger partial charge in [-0.1, -0.05) is 18.2 Å². The molecule has 0 spiro atoms. The molecule has 190 valence electrons. The van der Waals surface area contributed by atoms with Crippen molar-refractivity contribution in [2.24, 2.45) is 5.10 Å². The van der Waals surface area contributed by atoms with Gasteiger partial charge in [-0.05, 0) is 71.4 Å². The molecule has 0 bridgehead atoms. The Kier molecular flexibility index (Phi) is 8.42. The number of ether oxygens (including phenoxy) is 3. The first kappa shape index (κ1) is 25.8. The first-order valence-electron chi connectivity index (χ1n) is 11.3. The summed E-state index contributed by atoms with van der Waals surface area (Å²) in [4.78, 5) is 24.7. The largest absolute Gasteiger partial charge is 0.494 e. The van der Waals surface area contributed by atoms with Crippen LogP contribution in [0.5, 0.6) is 17.2 Å². The standard InChI is InChI=1S/C27H24BrN3O6/c1-3-35-20-9-10-22-17(11-20)12-25(37-22)27(33)31-29-15-18-13-23(34-2)24(14-21(18)28)36-16-26(32)30-19-7-5-4-6-8-19/h4-15H,3,16H2,1-2H3,(H,30,32)(H,31,33)/b29-15+. The molecule has 37 heavy (non-hydrogen) atoms. The lowest BCUT2D eigenvalue weighted by Crippen LogP contribution is -2.20. The van der Waals surface area contributed by atoms with Crippen LogP contribution in [0.3, 0.4) is 0 Å². The number of para-hydroxylation sites is 1. The van der Waals surface area contributed by atoms with Crippen molar-refractivity contribution in [2.75, 3.05) is 25.6 Å². The van der Waals surface area contributed by atoms with Gasteiger partial charge < -0.3 is 23.9 Å². The second-order valence-corrected chi connectivity index (χ2v) is 8.52. The molecule has 3 aromatic carbocycles. The summed E-state index contributed by atoms with van der Waals surface area (Å²) in [6.45, 7) is 2.24. The Morgan fingerprint density at radius 2 is 1.84 bits per heavy atom. The predicted molar refractivity (Wildman–Crippen MR) is 144 cm³/mol. The number of carbonyl (C=O) groups excluding carboxylic acids is 2. The van der Waals surface area contributed by atoms with Gasteiger partial charge >= 0.3 is 5.91 Å². The summed E-state index contributed by atoms with van der Waals surface area (Å²) in [5, 5.41) is 7.53. The normalized spacial score (nSPS) is 10.9. The fourth-order valence-corrected chi connectivity index (χ4v) is 3.81. The summed E-state index contributed by atoms with van der Waals surface area (Å²) in [5.41, 5.74) is 4.31. The number of hydrazone groups is 1. The maximum absolute atomic E-state index is 12.5. The van der Waals surface area contributed by atoms with Crippen LogP contribution in [-0.4, -0.2) is 38.4 Å². The lowest BCUT2D eigenvalue weighted by Gasteiger charge is -2.12. The molecule has 1 aromatic heterocycles. The maximum Gasteiger partial charge on any atom is 0.307 e. The van der Waals surface area contributed by atoms with Crippen LogP contribution in [0.2, 0.25) is 0 Å². The Labute approximate surface area is 221 Å². The lowest BCUT2D eigenvalue weighted by atomic mass is 10.2. The lowest BCUT2D eigenvalue weighted by molar-refractivity contribution is -0.118. The number of nitrogens with one attached hydrogen (secondary N) is 2. The second kappa shape index (κ2) is 12.1. The molecule has 0 aliphatic carbocycles. The van der Waals surface area contributed by atoms with Crippen LogP contribution in [-0.2, 0) is 4.79 Å². The molecule has 0 unspecified atom stereocenters. The van der Waals surface area contributed by atoms with E-state index in [2.05, 4.69) is 31.8 Å². The highest BCUT2D eigenvalue weighted by atomic mass is 79.9. The Morgan fingerprint density at radius 3 is 2.59 bits per heavy atom. The molecule has 10 heteroatoms. The summed E-state index contributed by atoms with van der Waals surface area (Å²) in [7, 11) is 1.49. The van der Waals surface area contributed by atoms with E-state index in [0.717, 1.165) is 5.39 Å². The van der Waals surface area contributed by atoms with Crippen LogP contribution in [0, 0.1) is 0 Å². The molecule has 0 aliphatic rings. The Hall–Kier alpha value is -4.31. The SMILES string of the molecule is CCOc1ccc2oc(C(=O)N/N=C/c3cc(OC)c(OCC(=O)Nc4ccccc4)cc3Br)cc2c1. The Bertz CT molecular complexity index is 1440. The number of amides is 2. The van der Waals surface area contributed by atoms with Crippen LogP contribution < -0.4 is 25.0 Å². The quantitative estimate of drug-likeness (QED) is 0.197. The van der Waals surface area contributed by atoms with Crippen LogP contribution in [0.15, 0.2) is 80.7 Å². The molecular weight excluding hydrogens is 542 g/mol. The van der Waals surface area contributed by atoms with Crippen LogP contribution in [0.1, 0.15) is 23.0 Å². The van der Waals surface area contributed by atoms with E-state index in [-0.39, 0.29) is 18.3 Å². The zero-order chi connectivity index (χ0) is 26.2. The smallest absolute Gasteiger partial charge is 0.307 e. The minimum atomic E-state index is -0.502. The van der Waals surface area contributed by atoms with Crippen LogP contribution in [0.4, 0.5) is 5.69 Å². The van der Waals surface area contributed by atoms with Crippen LogP contribution in [0.25, 0.3) is 11.0 Å². The molecular formula is C27H24BrN3O6. The average Bonchev–Trinajstić information content (AvgIpc) is 3.33. The third kappa shape index (κ3) is 6.68. The van der Waals surface area contributed by atoms with E-state index < -0.39 is 5.91 Å². The first-order chi connectivity index (χ1) is 18.0. The minimum Gasteiger partial charge on any atom is -0.494 e. The van der Waals surface area contributed by atoms with E-state index in [4.69, 9.17) is 18.6 Å². The van der Waals surface area contributed by atoms with Crippen molar-refractivity contribution in [1.29, 1.82) is 0 Å². The summed E-state index contributed by atoms with van der Waals surface area (Å²) in [5.74, 6) is 0.771. The number of halogens is 1. The van der Waals surface area contributed by atoms with Gasteiger partial charge in [-0.25, -0.2) is 5.43 Å². The first-order valence-corrected chi connectivity index (χ1v) is 12.1. The van der Waals surface area contributed by atoms with E-state index in [0.29, 0.717) is 45.2 Å². The van der Waals surface area contributed by atoms with Gasteiger partial charge in [0.05, 0.1) is 19.9 Å². The minimum absolute atomic E-state index is 0.120. The molecule has 1 heterocycles. The Balaban J connectivity index is 1.38. The number of carbonyl (C=O) groups is 2. The number of nitrogens with zero attached hydrogens (tertiary/aromatic N) is 1. The van der Waals surface area contributed by atoms with Gasteiger partial charge in [-0.15, -0.1) is 0 Å². The molecule has 4 aromatic rings. The maximum atomic E-state index is 12.5. The van der Waals surface area contributed by atoms with E-state index in [1.165, 1.54) is 13.3 Å². The zero-order valence-corrected chi connectivity index (χ0v) is 21.7. The number of benzene rings is 3. The monoisotopic (exact) mass is 565 g/mol. The van der Waals surface area contributed by atoms with Crippen molar-refractivity contribution in [3.8, 4) is 17.2 Å². The molecule has 9 nitrogen and oxygen atoms in total. The van der Waals surface area contributed by atoms with Crippen molar-refractivity contribution in [3.05, 3.63) is 82.5 Å². The summed E-state index contributed by atoms with van der Waals surface area (Å²) >= 11 is 3.46. The third-order valence-corrected chi connectivity index (χ3v) is 5.78. The van der Waals surface area contributed by atoms with Gasteiger partial charge in [-0.2, -0.15) is 5.10 Å². The number of hydrogen-bond acceptors (Lipinski definition) is 7. The van der Waals surface area contributed by atoms with Crippen molar-refractivity contribution in [2.45, 2.75) is 6.92 Å². The van der Waals surface area contributed by atoms with E-state index in [1.807, 2.05) is 25.1 Å². The zero-order valence-electron chi connectivity index (χ0n) is 20.1. The molecule has 0 saturated carbocycles. The number of furan rings is 1. The van der Waals surface area contributed by atoms with Gasteiger partial charge in [0.2, 0.25) is 0 Å². The summed E-state index contributed by atoms with van der Waals surface area (Å²) < 4.78 is 22.8. The van der Waals surface area contributed by atoms with Gasteiger partial charge in [-0.3, -0.25) is 9.59 Å². The fraction of sp³-hybridized carbons (Fsp3) is 0.148. The molecule has 0 atom stereocenters. The highest BCUT2D eigenvalue weighted by Gasteiger charge is 2.14. The third-order valence-electron chi connectivity index (χ3n) is 5.09. The van der Waals surface area contributed by atoms with Gasteiger partial charge in [0.25, 0.3) is 5.91 Å².